The van der Waals surface area contributed by atoms with Crippen LogP contribution in [0.15, 0.2) is 10.2 Å². The van der Waals surface area contributed by atoms with Gasteiger partial charge in [0.05, 0.1) is 0 Å². The van der Waals surface area contributed by atoms with Crippen LogP contribution < -0.4 is 0 Å². The highest BCUT2D eigenvalue weighted by Gasteiger charge is 2.31. The van der Waals surface area contributed by atoms with E-state index in [9.17, 15) is 4.79 Å². The molecule has 0 aromatic rings. The Hall–Kier alpha value is -1.39. The van der Waals surface area contributed by atoms with Crippen LogP contribution in [0.3, 0.4) is 0 Å². The number of carbonyl (C=O) groups is 1. The zero-order valence-electron chi connectivity index (χ0n) is 9.60. The Morgan fingerprint density at radius 2 is 2.07 bits per heavy atom. The van der Waals surface area contributed by atoms with Crippen molar-refractivity contribution in [3.05, 3.63) is 0 Å². The van der Waals surface area contributed by atoms with Crippen molar-refractivity contribution in [3.63, 3.8) is 0 Å². The Morgan fingerprint density at radius 3 is 2.60 bits per heavy atom. The molecule has 0 aromatic carbocycles. The maximum absolute atomic E-state index is 11.4. The maximum atomic E-state index is 11.4. The predicted octanol–water partition coefficient (Wildman–Crippen LogP) is 1.25. The molecule has 0 aliphatic carbocycles. The molecular weight excluding hydrogens is 194 g/mol. The van der Waals surface area contributed by atoms with Crippen LogP contribution in [0.2, 0.25) is 0 Å². The molecule has 15 heavy (non-hydrogen) atoms. The van der Waals surface area contributed by atoms with Crippen LogP contribution in [-0.4, -0.2) is 35.7 Å². The van der Waals surface area contributed by atoms with Gasteiger partial charge < -0.3 is 4.74 Å². The molecule has 1 heterocycles. The fraction of sp³-hybridized carbons (Fsp3) is 0.700. The van der Waals surface area contributed by atoms with Crippen LogP contribution in [-0.2, 0) is 9.53 Å². The third-order valence-electron chi connectivity index (χ3n) is 1.82. The van der Waals surface area contributed by atoms with Gasteiger partial charge in [0, 0.05) is 12.3 Å². The molecule has 0 N–H and O–H groups in total. The fourth-order valence-electron chi connectivity index (χ4n) is 1.17. The quantitative estimate of drug-likeness (QED) is 0.521. The van der Waals surface area contributed by atoms with Gasteiger partial charge in [-0.15, -0.1) is 0 Å². The Labute approximate surface area is 89.8 Å². The number of nitrogens with zero attached hydrogens (tertiary/aromatic N) is 3. The first-order valence-electron chi connectivity index (χ1n) is 5.08. The number of hydrogen-bond acceptors (Lipinski definition) is 4. The summed E-state index contributed by atoms with van der Waals surface area (Å²) in [5, 5.41) is 7.75. The summed E-state index contributed by atoms with van der Waals surface area (Å²) in [5.74, 6) is 0.266. The van der Waals surface area contributed by atoms with Crippen molar-refractivity contribution in [2.45, 2.75) is 33.7 Å². The molecule has 1 aliphatic heterocycles. The largest absolute Gasteiger partial charge is 0.453 e. The van der Waals surface area contributed by atoms with Gasteiger partial charge in [-0.25, -0.2) is 0 Å². The van der Waals surface area contributed by atoms with Crippen molar-refractivity contribution in [1.29, 1.82) is 0 Å². The van der Waals surface area contributed by atoms with E-state index >= 15 is 0 Å². The number of hydrogen-bond donors (Lipinski definition) is 0. The Morgan fingerprint density at radius 1 is 1.40 bits per heavy atom. The Balaban J connectivity index is 2.73. The van der Waals surface area contributed by atoms with Crippen LogP contribution in [0.5, 0.6) is 0 Å². The first-order chi connectivity index (χ1) is 7.02. The molecule has 0 radical (unpaired) electrons. The molecule has 1 saturated heterocycles. The van der Waals surface area contributed by atoms with Crippen LogP contribution in [0.25, 0.3) is 0 Å². The van der Waals surface area contributed by atoms with Crippen LogP contribution in [0, 0.1) is 5.92 Å². The van der Waals surface area contributed by atoms with Crippen molar-refractivity contribution in [2.24, 2.45) is 16.1 Å². The summed E-state index contributed by atoms with van der Waals surface area (Å²) in [6.07, 6.45) is 1.71. The summed E-state index contributed by atoms with van der Waals surface area (Å²) < 4.78 is 5.13. The highest BCUT2D eigenvalue weighted by molar-refractivity contribution is 6.00. The number of carbonyl (C=O) groups excluding carboxylic acids is 1. The first-order valence-corrected chi connectivity index (χ1v) is 5.08. The lowest BCUT2D eigenvalue weighted by atomic mass is 10.3. The number of amidine groups is 1. The smallest absolute Gasteiger partial charge is 0.319 e. The standard InChI is InChI=1S/C10H17N3O2/c1-7(2)5-11-12-10-13(8(3)4)9(14)6-15-10/h5,7-8H,6H2,1-4H3/b11-5+,12-10-. The van der Waals surface area contributed by atoms with Gasteiger partial charge >= 0.3 is 6.02 Å². The van der Waals surface area contributed by atoms with Crippen molar-refractivity contribution in [1.82, 2.24) is 4.90 Å². The van der Waals surface area contributed by atoms with Crippen molar-refractivity contribution >= 4 is 18.1 Å². The summed E-state index contributed by atoms with van der Waals surface area (Å²) in [6.45, 7) is 7.89. The summed E-state index contributed by atoms with van der Waals surface area (Å²) >= 11 is 0. The number of amides is 1. The summed E-state index contributed by atoms with van der Waals surface area (Å²) in [7, 11) is 0. The molecule has 0 spiro atoms. The van der Waals surface area contributed by atoms with Crippen LogP contribution in [0.1, 0.15) is 27.7 Å². The number of rotatable bonds is 3. The van der Waals surface area contributed by atoms with E-state index in [1.54, 1.807) is 6.21 Å². The predicted molar refractivity (Wildman–Crippen MR) is 58.7 cm³/mol. The van der Waals surface area contributed by atoms with E-state index in [-0.39, 0.29) is 18.6 Å². The van der Waals surface area contributed by atoms with Gasteiger partial charge in [-0.05, 0) is 19.8 Å². The van der Waals surface area contributed by atoms with Crippen LogP contribution >= 0.6 is 0 Å². The number of ether oxygens (including phenoxy) is 1. The lowest BCUT2D eigenvalue weighted by Gasteiger charge is -2.16. The normalized spacial score (nSPS) is 20.0. The van der Waals surface area contributed by atoms with Gasteiger partial charge in [0.15, 0.2) is 6.61 Å². The van der Waals surface area contributed by atoms with Crippen molar-refractivity contribution < 1.29 is 9.53 Å². The van der Waals surface area contributed by atoms with Gasteiger partial charge in [0.1, 0.15) is 0 Å². The van der Waals surface area contributed by atoms with E-state index in [2.05, 4.69) is 10.2 Å². The molecule has 0 saturated carbocycles. The highest BCUT2D eigenvalue weighted by atomic mass is 16.5. The molecule has 0 unspecified atom stereocenters. The van der Waals surface area contributed by atoms with E-state index in [4.69, 9.17) is 4.74 Å². The molecule has 84 valence electrons. The van der Waals surface area contributed by atoms with Gasteiger partial charge in [-0.1, -0.05) is 18.9 Å². The van der Waals surface area contributed by atoms with E-state index < -0.39 is 0 Å². The van der Waals surface area contributed by atoms with Gasteiger partial charge in [-0.3, -0.25) is 9.69 Å². The molecule has 0 atom stereocenters. The van der Waals surface area contributed by atoms with Crippen LogP contribution in [0.4, 0.5) is 0 Å². The minimum absolute atomic E-state index is 0.0491. The molecule has 0 aromatic heterocycles. The topological polar surface area (TPSA) is 54.3 Å². The molecule has 5 heteroatoms. The minimum Gasteiger partial charge on any atom is -0.453 e. The minimum atomic E-state index is -0.0662. The van der Waals surface area contributed by atoms with Crippen molar-refractivity contribution in [2.75, 3.05) is 6.61 Å². The van der Waals surface area contributed by atoms with E-state index in [1.165, 1.54) is 4.90 Å². The second kappa shape index (κ2) is 4.91. The summed E-state index contributed by atoms with van der Waals surface area (Å²) in [4.78, 5) is 12.9. The average Bonchev–Trinajstić information content (AvgIpc) is 2.46. The first kappa shape index (κ1) is 11.7. The molecule has 0 bridgehead atoms. The van der Waals surface area contributed by atoms with Gasteiger partial charge in [0.25, 0.3) is 5.91 Å². The van der Waals surface area contributed by atoms with Gasteiger partial charge in [-0.2, -0.15) is 5.10 Å². The van der Waals surface area contributed by atoms with E-state index in [0.29, 0.717) is 11.9 Å². The Bertz CT molecular complexity index is 295. The average molecular weight is 211 g/mol. The zero-order valence-corrected chi connectivity index (χ0v) is 9.60. The molecular formula is C10H17N3O2. The van der Waals surface area contributed by atoms with Crippen molar-refractivity contribution in [3.8, 4) is 0 Å². The molecule has 1 amide bonds. The lowest BCUT2D eigenvalue weighted by molar-refractivity contribution is -0.126. The molecule has 5 nitrogen and oxygen atoms in total. The zero-order chi connectivity index (χ0) is 11.4. The van der Waals surface area contributed by atoms with Gasteiger partial charge in [0.2, 0.25) is 0 Å². The Kier molecular flexibility index (Phi) is 3.82. The summed E-state index contributed by atoms with van der Waals surface area (Å²) in [6, 6.07) is 0.347. The second-order valence-electron chi connectivity index (χ2n) is 4.04. The maximum Gasteiger partial charge on any atom is 0.319 e. The highest BCUT2D eigenvalue weighted by Crippen LogP contribution is 2.10. The third kappa shape index (κ3) is 3.04. The van der Waals surface area contributed by atoms with E-state index in [0.717, 1.165) is 0 Å². The molecule has 1 rings (SSSR count). The lowest BCUT2D eigenvalue weighted by Crippen LogP contribution is -2.36. The monoisotopic (exact) mass is 211 g/mol. The van der Waals surface area contributed by atoms with E-state index in [1.807, 2.05) is 27.7 Å². The fourth-order valence-corrected chi connectivity index (χ4v) is 1.17. The summed E-state index contributed by atoms with van der Waals surface area (Å²) in [5.41, 5.74) is 0. The molecule has 1 fully saturated rings. The second-order valence-corrected chi connectivity index (χ2v) is 4.04. The SMILES string of the molecule is CC(C)/C=N/N=C1\OCC(=O)N1C(C)C. The molecule has 1 aliphatic rings. The third-order valence-corrected chi connectivity index (χ3v) is 1.82.